The lowest BCUT2D eigenvalue weighted by Crippen LogP contribution is -2.33. The van der Waals surface area contributed by atoms with Crippen LogP contribution in [0.1, 0.15) is 49.7 Å². The number of aromatic hydroxyl groups is 2. The Morgan fingerprint density at radius 3 is 2.59 bits per heavy atom. The third-order valence-corrected chi connectivity index (χ3v) is 10.9. The highest BCUT2D eigenvalue weighted by atomic mass is 33.1. The lowest BCUT2D eigenvalue weighted by molar-refractivity contribution is -0.123. The van der Waals surface area contributed by atoms with Gasteiger partial charge in [0, 0.05) is 29.4 Å². The molecule has 1 atom stereocenters. The Bertz CT molecular complexity index is 1320. The van der Waals surface area contributed by atoms with E-state index in [9.17, 15) is 15.0 Å². The van der Waals surface area contributed by atoms with E-state index in [4.69, 9.17) is 9.47 Å². The molecule has 3 aliphatic rings. The van der Waals surface area contributed by atoms with Crippen LogP contribution in [0.2, 0.25) is 0 Å². The van der Waals surface area contributed by atoms with Crippen molar-refractivity contribution in [1.82, 2.24) is 5.32 Å². The van der Waals surface area contributed by atoms with Crippen LogP contribution in [0.5, 0.6) is 17.2 Å². The number of phenolic OH excluding ortho intramolecular Hbond substituents is 2. The SMILES string of the molecule is CNCO[C@@H]1CC(=O)CCc2ccc(O)c(OC)c2-c2ccc3ccc(O)cc3c2CSSC2CCC1CC2. The second-order valence-electron chi connectivity index (χ2n) is 10.5. The van der Waals surface area contributed by atoms with Crippen LogP contribution in [0.3, 0.4) is 0 Å². The summed E-state index contributed by atoms with van der Waals surface area (Å²) in [5, 5.41) is 26.8. The van der Waals surface area contributed by atoms with Crippen molar-refractivity contribution < 1.29 is 24.5 Å². The normalized spacial score (nSPS) is 22.4. The number of ether oxygens (including phenoxy) is 2. The molecule has 3 aromatic rings. The number of carbonyl (C=O) groups is 1. The molecule has 1 saturated carbocycles. The molecule has 3 aromatic carbocycles. The first kappa shape index (κ1) is 28.1. The zero-order valence-electron chi connectivity index (χ0n) is 22.6. The van der Waals surface area contributed by atoms with E-state index in [1.54, 1.807) is 19.2 Å². The fourth-order valence-corrected chi connectivity index (χ4v) is 8.85. The number of ketones is 1. The topological polar surface area (TPSA) is 88.0 Å². The lowest BCUT2D eigenvalue weighted by Gasteiger charge is -2.33. The van der Waals surface area contributed by atoms with Crippen LogP contribution >= 0.6 is 21.6 Å². The predicted molar refractivity (Wildman–Crippen MR) is 161 cm³/mol. The summed E-state index contributed by atoms with van der Waals surface area (Å²) in [7, 11) is 7.22. The molecule has 0 unspecified atom stereocenters. The van der Waals surface area contributed by atoms with Crippen molar-refractivity contribution in [3.8, 4) is 28.4 Å². The summed E-state index contributed by atoms with van der Waals surface area (Å²) in [4.78, 5) is 13.3. The van der Waals surface area contributed by atoms with Gasteiger partial charge in [-0.1, -0.05) is 45.9 Å². The molecule has 6 rings (SSSR count). The summed E-state index contributed by atoms with van der Waals surface area (Å²) >= 11 is 0. The molecule has 1 aliphatic carbocycles. The molecule has 0 spiro atoms. The van der Waals surface area contributed by atoms with Crippen molar-refractivity contribution in [3.05, 3.63) is 53.6 Å². The molecule has 39 heavy (non-hydrogen) atoms. The van der Waals surface area contributed by atoms with Crippen molar-refractivity contribution in [2.24, 2.45) is 5.92 Å². The van der Waals surface area contributed by atoms with E-state index < -0.39 is 0 Å². The van der Waals surface area contributed by atoms with Gasteiger partial charge in [-0.15, -0.1) is 0 Å². The van der Waals surface area contributed by atoms with Gasteiger partial charge in [0.15, 0.2) is 11.5 Å². The van der Waals surface area contributed by atoms with Gasteiger partial charge in [0.1, 0.15) is 11.5 Å². The highest BCUT2D eigenvalue weighted by molar-refractivity contribution is 8.76. The van der Waals surface area contributed by atoms with Gasteiger partial charge in [-0.2, -0.15) is 0 Å². The number of rotatable bonds is 4. The van der Waals surface area contributed by atoms with Gasteiger partial charge >= 0.3 is 0 Å². The molecule has 208 valence electrons. The molecule has 0 aromatic heterocycles. The Hall–Kier alpha value is -2.39. The lowest BCUT2D eigenvalue weighted by atomic mass is 9.82. The van der Waals surface area contributed by atoms with Crippen molar-refractivity contribution >= 4 is 38.1 Å². The number of aryl methyl sites for hydroxylation is 1. The molecule has 8 heteroatoms. The predicted octanol–water partition coefficient (Wildman–Crippen LogP) is 6.83. The minimum Gasteiger partial charge on any atom is -0.508 e. The summed E-state index contributed by atoms with van der Waals surface area (Å²) in [5.74, 6) is 2.03. The number of methoxy groups -OCH3 is 1. The second-order valence-corrected chi connectivity index (χ2v) is 13.2. The van der Waals surface area contributed by atoms with Crippen molar-refractivity contribution in [2.75, 3.05) is 20.9 Å². The van der Waals surface area contributed by atoms with Crippen LogP contribution in [-0.4, -0.2) is 48.2 Å². The molecule has 2 bridgehead atoms. The Morgan fingerprint density at radius 2 is 1.82 bits per heavy atom. The van der Waals surface area contributed by atoms with E-state index in [-0.39, 0.29) is 23.4 Å². The first-order chi connectivity index (χ1) is 19.0. The number of hydrogen-bond acceptors (Lipinski definition) is 8. The second kappa shape index (κ2) is 12.9. The van der Waals surface area contributed by atoms with Crippen molar-refractivity contribution in [3.63, 3.8) is 0 Å². The zero-order chi connectivity index (χ0) is 27.4. The minimum absolute atomic E-state index is 0.0648. The van der Waals surface area contributed by atoms with Crippen LogP contribution in [0.15, 0.2) is 42.5 Å². The number of nitrogens with one attached hydrogen (secondary N) is 1. The molecule has 0 saturated heterocycles. The minimum atomic E-state index is -0.0648. The molecule has 2 heterocycles. The maximum Gasteiger partial charge on any atom is 0.168 e. The molecule has 6 nitrogen and oxygen atoms in total. The number of fused-ring (bicyclic) bond motifs is 9. The zero-order valence-corrected chi connectivity index (χ0v) is 24.2. The monoisotopic (exact) mass is 567 g/mol. The largest absolute Gasteiger partial charge is 0.508 e. The summed E-state index contributed by atoms with van der Waals surface area (Å²) in [6.45, 7) is 0.447. The van der Waals surface area contributed by atoms with Crippen LogP contribution in [-0.2, 0) is 21.7 Å². The van der Waals surface area contributed by atoms with Gasteiger partial charge < -0.3 is 19.7 Å². The quantitative estimate of drug-likeness (QED) is 0.233. The smallest absolute Gasteiger partial charge is 0.168 e. The fraction of sp³-hybridized carbons (Fsp3) is 0.452. The van der Waals surface area contributed by atoms with E-state index in [1.807, 2.05) is 52.9 Å². The molecule has 0 amide bonds. The summed E-state index contributed by atoms with van der Waals surface area (Å²) in [5.41, 5.74) is 3.83. The molecule has 3 N–H and O–H groups in total. The van der Waals surface area contributed by atoms with Gasteiger partial charge in [-0.3, -0.25) is 10.1 Å². The first-order valence-corrected chi connectivity index (χ1v) is 16.1. The van der Waals surface area contributed by atoms with E-state index in [1.165, 1.54) is 0 Å². The highest BCUT2D eigenvalue weighted by Gasteiger charge is 2.31. The number of phenols is 2. The fourth-order valence-electron chi connectivity index (χ4n) is 5.98. The number of carbonyl (C=O) groups excluding carboxylic acids is 1. The van der Waals surface area contributed by atoms with Crippen molar-refractivity contribution in [2.45, 2.75) is 62.1 Å². The average Bonchev–Trinajstić information content (AvgIpc) is 2.94. The highest BCUT2D eigenvalue weighted by Crippen LogP contribution is 2.47. The van der Waals surface area contributed by atoms with E-state index in [0.717, 1.165) is 64.5 Å². The number of benzene rings is 3. The van der Waals surface area contributed by atoms with Crippen LogP contribution in [0.4, 0.5) is 0 Å². The van der Waals surface area contributed by atoms with Gasteiger partial charge in [0.25, 0.3) is 0 Å². The molecular formula is C31H37NO5S2. The van der Waals surface area contributed by atoms with E-state index in [0.29, 0.717) is 42.9 Å². The Morgan fingerprint density at radius 1 is 1.03 bits per heavy atom. The van der Waals surface area contributed by atoms with E-state index in [2.05, 4.69) is 11.4 Å². The van der Waals surface area contributed by atoms with Crippen molar-refractivity contribution in [1.29, 1.82) is 0 Å². The summed E-state index contributed by atoms with van der Waals surface area (Å²) in [6, 6.07) is 13.2. The van der Waals surface area contributed by atoms with Gasteiger partial charge in [-0.05, 0) is 90.7 Å². The maximum atomic E-state index is 13.3. The standard InChI is InChI=1S/C31H37NO5S2/c1-32-18-37-29-16-23(34)10-4-21-8-14-28(35)31(36-2)30(21)25-13-7-19-3-9-22(33)15-26(19)27(25)17-38-39-24-11-5-20(29)6-12-24/h3,7-9,13-15,20,24,29,32-33,35H,4-6,10-12,16-18H2,1-2H3/t20?,24?,29-/m1/s1. The van der Waals surface area contributed by atoms with Crippen LogP contribution < -0.4 is 10.1 Å². The maximum absolute atomic E-state index is 13.3. The van der Waals surface area contributed by atoms with E-state index >= 15 is 0 Å². The van der Waals surface area contributed by atoms with Gasteiger partial charge in [-0.25, -0.2) is 0 Å². The molecular weight excluding hydrogens is 530 g/mol. The molecule has 1 fully saturated rings. The van der Waals surface area contributed by atoms with Crippen LogP contribution in [0.25, 0.3) is 21.9 Å². The molecule has 0 radical (unpaired) electrons. The Labute approximate surface area is 238 Å². The number of hydrogen-bond donors (Lipinski definition) is 3. The van der Waals surface area contributed by atoms with Gasteiger partial charge in [0.05, 0.1) is 19.9 Å². The van der Waals surface area contributed by atoms with Gasteiger partial charge in [0.2, 0.25) is 0 Å². The third-order valence-electron chi connectivity index (χ3n) is 8.01. The van der Waals surface area contributed by atoms with Crippen LogP contribution in [0, 0.1) is 5.92 Å². The molecule has 2 aliphatic heterocycles. The third kappa shape index (κ3) is 6.35. The Kier molecular flexibility index (Phi) is 9.28. The number of Topliss-reactive ketones (excluding diaryl/α,β-unsaturated/α-hetero) is 1. The Balaban J connectivity index is 1.60. The average molecular weight is 568 g/mol. The summed E-state index contributed by atoms with van der Waals surface area (Å²) in [6.07, 6.45) is 5.67. The summed E-state index contributed by atoms with van der Waals surface area (Å²) < 4.78 is 11.9. The first-order valence-electron chi connectivity index (χ1n) is 13.7.